The molecule has 0 atom stereocenters. The predicted molar refractivity (Wildman–Crippen MR) is 114 cm³/mol. The quantitative estimate of drug-likeness (QED) is 0.553. The van der Waals surface area contributed by atoms with E-state index in [4.69, 9.17) is 4.74 Å². The summed E-state index contributed by atoms with van der Waals surface area (Å²) in [5.41, 5.74) is 0.691. The second-order valence-electron chi connectivity index (χ2n) is 7.53. The van der Waals surface area contributed by atoms with Gasteiger partial charge in [0.1, 0.15) is 4.90 Å². The monoisotopic (exact) mass is 479 g/mol. The van der Waals surface area contributed by atoms with Crippen molar-refractivity contribution in [1.82, 2.24) is 13.9 Å². The van der Waals surface area contributed by atoms with Crippen molar-refractivity contribution in [3.8, 4) is 0 Å². The highest BCUT2D eigenvalue weighted by Gasteiger charge is 2.29. The highest BCUT2D eigenvalue weighted by molar-refractivity contribution is 9.10. The first-order valence-electron chi connectivity index (χ1n) is 8.86. The lowest BCUT2D eigenvalue weighted by Gasteiger charge is -2.34. The van der Waals surface area contributed by atoms with Crippen LogP contribution in [0.15, 0.2) is 58.3 Å². The van der Waals surface area contributed by atoms with Crippen LogP contribution in [0.2, 0.25) is 0 Å². The van der Waals surface area contributed by atoms with Gasteiger partial charge >= 0.3 is 6.09 Å². The Labute approximate surface area is 178 Å². The van der Waals surface area contributed by atoms with Crippen molar-refractivity contribution in [2.45, 2.75) is 37.8 Å². The molecular formula is C20H22BrN3O4S. The van der Waals surface area contributed by atoms with Gasteiger partial charge < -0.3 is 4.74 Å². The summed E-state index contributed by atoms with van der Waals surface area (Å²) in [6.45, 7) is 5.88. The number of hydrogen-bond acceptors (Lipinski definition) is 5. The van der Waals surface area contributed by atoms with Crippen LogP contribution in [0.4, 0.5) is 4.79 Å². The van der Waals surface area contributed by atoms with Crippen molar-refractivity contribution in [1.29, 1.82) is 0 Å². The summed E-state index contributed by atoms with van der Waals surface area (Å²) >= 11 is 3.41. The smallest absolute Gasteiger partial charge is 0.410 e. The van der Waals surface area contributed by atoms with Crippen LogP contribution in [0.5, 0.6) is 0 Å². The summed E-state index contributed by atoms with van der Waals surface area (Å²) in [6.07, 6.45) is 3.91. The molecule has 0 unspecified atom stereocenters. The number of hydrogen-bond donors (Lipinski definition) is 0. The van der Waals surface area contributed by atoms with E-state index >= 15 is 0 Å². The standard InChI is InChI=1S/C20H22BrN3O4S/c1-20(2,3)23(19(25)28-4)12-14-13-24(18-10-15(21)7-8-17(14)18)29(26,27)16-6-5-9-22-11-16/h5-11,13H,12H2,1-4H3. The molecule has 0 saturated heterocycles. The third-order valence-electron chi connectivity index (χ3n) is 4.54. The molecule has 1 amide bonds. The molecule has 0 radical (unpaired) electrons. The molecule has 29 heavy (non-hydrogen) atoms. The lowest BCUT2D eigenvalue weighted by atomic mass is 10.0. The number of ether oxygens (including phenoxy) is 1. The number of aromatic nitrogens is 2. The molecule has 3 rings (SSSR count). The molecule has 2 aromatic heterocycles. The van der Waals surface area contributed by atoms with Crippen molar-refractivity contribution in [2.75, 3.05) is 7.11 Å². The Morgan fingerprint density at radius 2 is 2.00 bits per heavy atom. The van der Waals surface area contributed by atoms with Crippen LogP contribution >= 0.6 is 15.9 Å². The minimum atomic E-state index is -3.86. The van der Waals surface area contributed by atoms with Crippen LogP contribution in [0.1, 0.15) is 26.3 Å². The number of fused-ring (bicyclic) bond motifs is 1. The van der Waals surface area contributed by atoms with Gasteiger partial charge in [0.15, 0.2) is 0 Å². The van der Waals surface area contributed by atoms with E-state index in [0.29, 0.717) is 11.1 Å². The molecule has 0 aliphatic carbocycles. The van der Waals surface area contributed by atoms with E-state index in [-0.39, 0.29) is 11.4 Å². The summed E-state index contributed by atoms with van der Waals surface area (Å²) < 4.78 is 33.4. The molecule has 7 nitrogen and oxygen atoms in total. The van der Waals surface area contributed by atoms with Gasteiger partial charge in [-0.1, -0.05) is 22.0 Å². The summed E-state index contributed by atoms with van der Waals surface area (Å²) in [6, 6.07) is 8.50. The molecule has 0 spiro atoms. The van der Waals surface area contributed by atoms with Gasteiger partial charge in [0, 0.05) is 34.0 Å². The number of benzene rings is 1. The van der Waals surface area contributed by atoms with Crippen molar-refractivity contribution in [3.63, 3.8) is 0 Å². The van der Waals surface area contributed by atoms with E-state index in [9.17, 15) is 13.2 Å². The number of carbonyl (C=O) groups is 1. The zero-order valence-corrected chi connectivity index (χ0v) is 19.0. The van der Waals surface area contributed by atoms with Gasteiger partial charge in [-0.05, 0) is 50.6 Å². The highest BCUT2D eigenvalue weighted by atomic mass is 79.9. The molecule has 9 heteroatoms. The largest absolute Gasteiger partial charge is 0.453 e. The van der Waals surface area contributed by atoms with Gasteiger partial charge in [0.2, 0.25) is 0 Å². The lowest BCUT2D eigenvalue weighted by molar-refractivity contribution is 0.0795. The summed E-state index contributed by atoms with van der Waals surface area (Å²) in [7, 11) is -2.53. The molecule has 0 fully saturated rings. The van der Waals surface area contributed by atoms with Crippen molar-refractivity contribution >= 4 is 42.9 Å². The van der Waals surface area contributed by atoms with Gasteiger partial charge in [-0.2, -0.15) is 0 Å². The van der Waals surface area contributed by atoms with Crippen LogP contribution < -0.4 is 0 Å². The number of halogens is 1. The Hall–Kier alpha value is -2.39. The van der Waals surface area contributed by atoms with E-state index in [1.54, 1.807) is 23.2 Å². The molecule has 2 heterocycles. The number of nitrogens with zero attached hydrogens (tertiary/aromatic N) is 3. The Morgan fingerprint density at radius 1 is 1.28 bits per heavy atom. The van der Waals surface area contributed by atoms with Crippen molar-refractivity contribution in [2.24, 2.45) is 0 Å². The fourth-order valence-corrected chi connectivity index (χ4v) is 4.73. The number of rotatable bonds is 4. The Morgan fingerprint density at radius 3 is 2.59 bits per heavy atom. The molecule has 0 saturated carbocycles. The molecule has 1 aromatic carbocycles. The van der Waals surface area contributed by atoms with Crippen molar-refractivity contribution in [3.05, 3.63) is 59.0 Å². The first-order valence-corrected chi connectivity index (χ1v) is 11.1. The molecule has 0 N–H and O–H groups in total. The van der Waals surface area contributed by atoms with Crippen LogP contribution in [0.3, 0.4) is 0 Å². The highest BCUT2D eigenvalue weighted by Crippen LogP contribution is 2.30. The molecule has 154 valence electrons. The number of methoxy groups -OCH3 is 1. The second-order valence-corrected chi connectivity index (χ2v) is 10.3. The molecule has 3 aromatic rings. The average Bonchev–Trinajstić information content (AvgIpc) is 3.03. The van der Waals surface area contributed by atoms with Crippen LogP contribution in [0, 0.1) is 0 Å². The van der Waals surface area contributed by atoms with E-state index in [1.165, 1.54) is 29.5 Å². The topological polar surface area (TPSA) is 81.5 Å². The summed E-state index contributed by atoms with van der Waals surface area (Å²) in [4.78, 5) is 17.9. The van der Waals surface area contributed by atoms with E-state index in [2.05, 4.69) is 20.9 Å². The summed E-state index contributed by atoms with van der Waals surface area (Å²) in [5, 5.41) is 0.735. The van der Waals surface area contributed by atoms with E-state index < -0.39 is 21.7 Å². The van der Waals surface area contributed by atoms with Crippen LogP contribution in [0.25, 0.3) is 10.9 Å². The Kier molecular flexibility index (Phi) is 5.73. The Bertz CT molecular complexity index is 1150. The minimum absolute atomic E-state index is 0.0871. The minimum Gasteiger partial charge on any atom is -0.453 e. The van der Waals surface area contributed by atoms with Crippen LogP contribution in [-0.4, -0.2) is 41.0 Å². The molecular weight excluding hydrogens is 458 g/mol. The zero-order chi connectivity index (χ0) is 21.4. The lowest BCUT2D eigenvalue weighted by Crippen LogP contribution is -2.44. The third-order valence-corrected chi connectivity index (χ3v) is 6.69. The van der Waals surface area contributed by atoms with E-state index in [1.807, 2.05) is 32.9 Å². The maximum atomic E-state index is 13.2. The molecule has 0 bridgehead atoms. The molecule has 0 aliphatic heterocycles. The van der Waals surface area contributed by atoms with Gasteiger partial charge in [0.05, 0.1) is 19.2 Å². The SMILES string of the molecule is COC(=O)N(Cc1cn(S(=O)(=O)c2cccnc2)c2cc(Br)ccc12)C(C)(C)C. The molecule has 0 aliphatic rings. The maximum Gasteiger partial charge on any atom is 0.410 e. The summed E-state index contributed by atoms with van der Waals surface area (Å²) in [5.74, 6) is 0. The number of carbonyl (C=O) groups excluding carboxylic acids is 1. The first-order chi connectivity index (χ1) is 13.6. The van der Waals surface area contributed by atoms with E-state index in [0.717, 1.165) is 9.86 Å². The number of pyridine rings is 1. The zero-order valence-electron chi connectivity index (χ0n) is 16.6. The first kappa shape index (κ1) is 21.3. The fourth-order valence-electron chi connectivity index (χ4n) is 3.03. The normalized spacial score (nSPS) is 12.2. The van der Waals surface area contributed by atoms with Crippen molar-refractivity contribution < 1.29 is 17.9 Å². The van der Waals surface area contributed by atoms with Gasteiger partial charge in [-0.25, -0.2) is 17.2 Å². The average molecular weight is 480 g/mol. The second kappa shape index (κ2) is 7.79. The van der Waals surface area contributed by atoms with Gasteiger partial charge in [0.25, 0.3) is 10.0 Å². The number of amides is 1. The third kappa shape index (κ3) is 4.16. The fraction of sp³-hybridized carbons (Fsp3) is 0.300. The Balaban J connectivity index is 2.20. The van der Waals surface area contributed by atoms with Gasteiger partial charge in [-0.3, -0.25) is 9.88 Å². The maximum absolute atomic E-state index is 13.2. The predicted octanol–water partition coefficient (Wildman–Crippen LogP) is 4.40. The van der Waals surface area contributed by atoms with Crippen LogP contribution in [-0.2, 0) is 21.3 Å². The van der Waals surface area contributed by atoms with Gasteiger partial charge in [-0.15, -0.1) is 0 Å².